The molecular formula is C19H27F2N3O4. The van der Waals surface area contributed by atoms with Crippen LogP contribution in [0.1, 0.15) is 12.0 Å². The van der Waals surface area contributed by atoms with E-state index < -0.39 is 24.9 Å². The highest BCUT2D eigenvalue weighted by Gasteiger charge is 2.43. The van der Waals surface area contributed by atoms with Crippen LogP contribution in [0.5, 0.6) is 17.2 Å². The molecule has 1 unspecified atom stereocenters. The van der Waals surface area contributed by atoms with Crippen molar-refractivity contribution in [2.45, 2.75) is 24.9 Å². The standard InChI is InChI=1S/C19H27F2N3O4/c1-26-15-5-4-13(16(27-2)17(15)28-3)11-23-6-8-24(9-7-23)18(25)14-10-19(20,21)12-22-14/h4-5,14,22H,6-12H2,1-3H3. The fourth-order valence-corrected chi connectivity index (χ4v) is 3.77. The number of benzene rings is 1. The zero-order chi connectivity index (χ0) is 20.3. The number of ether oxygens (including phenoxy) is 3. The molecule has 0 aromatic heterocycles. The van der Waals surface area contributed by atoms with Gasteiger partial charge < -0.3 is 19.1 Å². The van der Waals surface area contributed by atoms with Gasteiger partial charge in [-0.2, -0.15) is 0 Å². The molecule has 2 fully saturated rings. The van der Waals surface area contributed by atoms with Gasteiger partial charge in [0, 0.05) is 44.7 Å². The number of piperazine rings is 1. The first-order chi connectivity index (χ1) is 13.4. The van der Waals surface area contributed by atoms with E-state index >= 15 is 0 Å². The number of alkyl halides is 2. The van der Waals surface area contributed by atoms with Gasteiger partial charge in [-0.15, -0.1) is 0 Å². The summed E-state index contributed by atoms with van der Waals surface area (Å²) in [6, 6.07) is 2.98. The highest BCUT2D eigenvalue weighted by Crippen LogP contribution is 2.40. The van der Waals surface area contributed by atoms with Crippen LogP contribution >= 0.6 is 0 Å². The van der Waals surface area contributed by atoms with Crippen molar-refractivity contribution >= 4 is 5.91 Å². The van der Waals surface area contributed by atoms with E-state index in [2.05, 4.69) is 10.2 Å². The van der Waals surface area contributed by atoms with Crippen LogP contribution in [0.15, 0.2) is 12.1 Å². The van der Waals surface area contributed by atoms with Crippen LogP contribution < -0.4 is 19.5 Å². The average Bonchev–Trinajstić information content (AvgIpc) is 3.07. The molecule has 1 aromatic carbocycles. The Morgan fingerprint density at radius 1 is 1.11 bits per heavy atom. The number of hydrogen-bond acceptors (Lipinski definition) is 6. The maximum Gasteiger partial charge on any atom is 0.262 e. The highest BCUT2D eigenvalue weighted by atomic mass is 19.3. The van der Waals surface area contributed by atoms with Crippen LogP contribution in [0.4, 0.5) is 8.78 Å². The molecule has 28 heavy (non-hydrogen) atoms. The summed E-state index contributed by atoms with van der Waals surface area (Å²) in [7, 11) is 4.72. The number of rotatable bonds is 6. The second kappa shape index (κ2) is 8.48. The molecule has 2 heterocycles. The van der Waals surface area contributed by atoms with Gasteiger partial charge in [0.15, 0.2) is 11.5 Å². The Morgan fingerprint density at radius 2 is 1.79 bits per heavy atom. The second-order valence-corrected chi connectivity index (χ2v) is 7.09. The molecule has 1 atom stereocenters. The van der Waals surface area contributed by atoms with Crippen LogP contribution in [0, 0.1) is 0 Å². The average molecular weight is 399 g/mol. The van der Waals surface area contributed by atoms with Crippen molar-refractivity contribution in [3.8, 4) is 17.2 Å². The van der Waals surface area contributed by atoms with E-state index in [1.165, 1.54) is 0 Å². The normalized spacial score (nSPS) is 22.2. The Balaban J connectivity index is 1.60. The molecule has 2 aliphatic rings. The Hall–Kier alpha value is -2.13. The first-order valence-electron chi connectivity index (χ1n) is 9.28. The van der Waals surface area contributed by atoms with Crippen molar-refractivity contribution in [1.29, 1.82) is 0 Å². The predicted octanol–water partition coefficient (Wildman–Crippen LogP) is 1.35. The van der Waals surface area contributed by atoms with Gasteiger partial charge in [-0.3, -0.25) is 15.0 Å². The van der Waals surface area contributed by atoms with E-state index in [1.54, 1.807) is 26.2 Å². The maximum absolute atomic E-state index is 13.3. The third-order valence-corrected chi connectivity index (χ3v) is 5.27. The van der Waals surface area contributed by atoms with Crippen LogP contribution in [0.25, 0.3) is 0 Å². The van der Waals surface area contributed by atoms with Crippen LogP contribution in [0.3, 0.4) is 0 Å². The fraction of sp³-hybridized carbons (Fsp3) is 0.632. The number of halogens is 2. The van der Waals surface area contributed by atoms with E-state index in [9.17, 15) is 13.6 Å². The summed E-state index contributed by atoms with van der Waals surface area (Å²) in [4.78, 5) is 16.3. The number of hydrogen-bond donors (Lipinski definition) is 1. The molecule has 0 radical (unpaired) electrons. The molecule has 2 saturated heterocycles. The molecule has 3 rings (SSSR count). The molecule has 2 aliphatic heterocycles. The predicted molar refractivity (Wildman–Crippen MR) is 99.3 cm³/mol. The zero-order valence-corrected chi connectivity index (χ0v) is 16.5. The quantitative estimate of drug-likeness (QED) is 0.779. The maximum atomic E-state index is 13.3. The minimum absolute atomic E-state index is 0.236. The smallest absolute Gasteiger partial charge is 0.262 e. The molecule has 1 aromatic rings. The number of nitrogens with zero attached hydrogens (tertiary/aromatic N) is 2. The number of amides is 1. The lowest BCUT2D eigenvalue weighted by atomic mass is 10.1. The van der Waals surface area contributed by atoms with Gasteiger partial charge >= 0.3 is 0 Å². The molecule has 1 N–H and O–H groups in total. The summed E-state index contributed by atoms with van der Waals surface area (Å²) in [5, 5.41) is 2.64. The topological polar surface area (TPSA) is 63.3 Å². The van der Waals surface area contributed by atoms with E-state index in [0.29, 0.717) is 50.0 Å². The van der Waals surface area contributed by atoms with Crippen LogP contribution in [-0.4, -0.2) is 81.7 Å². The zero-order valence-electron chi connectivity index (χ0n) is 16.5. The van der Waals surface area contributed by atoms with Crippen molar-refractivity contribution in [2.75, 3.05) is 54.1 Å². The Bertz CT molecular complexity index is 709. The second-order valence-electron chi connectivity index (χ2n) is 7.09. The largest absolute Gasteiger partial charge is 0.493 e. The van der Waals surface area contributed by atoms with Gasteiger partial charge in [0.1, 0.15) is 0 Å². The number of carbonyl (C=O) groups excluding carboxylic acids is 1. The molecule has 7 nitrogen and oxygen atoms in total. The minimum atomic E-state index is -2.80. The molecule has 0 aliphatic carbocycles. The van der Waals surface area contributed by atoms with Gasteiger partial charge in [0.25, 0.3) is 5.92 Å². The minimum Gasteiger partial charge on any atom is -0.493 e. The van der Waals surface area contributed by atoms with Gasteiger partial charge in [-0.05, 0) is 6.07 Å². The lowest BCUT2D eigenvalue weighted by Gasteiger charge is -2.36. The summed E-state index contributed by atoms with van der Waals surface area (Å²) >= 11 is 0. The SMILES string of the molecule is COc1ccc(CN2CCN(C(=O)C3CC(F)(F)CN3)CC2)c(OC)c1OC. The van der Waals surface area contributed by atoms with E-state index in [1.807, 2.05) is 12.1 Å². The highest BCUT2D eigenvalue weighted by molar-refractivity contribution is 5.82. The third-order valence-electron chi connectivity index (χ3n) is 5.27. The molecule has 0 bridgehead atoms. The summed E-state index contributed by atoms with van der Waals surface area (Å²) in [5.41, 5.74) is 0.956. The van der Waals surface area contributed by atoms with Crippen molar-refractivity contribution in [2.24, 2.45) is 0 Å². The number of methoxy groups -OCH3 is 3. The van der Waals surface area contributed by atoms with Gasteiger partial charge in [-0.1, -0.05) is 6.07 Å². The molecule has 0 saturated carbocycles. The van der Waals surface area contributed by atoms with Crippen LogP contribution in [-0.2, 0) is 11.3 Å². The summed E-state index contributed by atoms with van der Waals surface area (Å²) in [6.07, 6.45) is -0.422. The lowest BCUT2D eigenvalue weighted by Crippen LogP contribution is -2.52. The fourth-order valence-electron chi connectivity index (χ4n) is 3.77. The van der Waals surface area contributed by atoms with E-state index in [0.717, 1.165) is 5.56 Å². The summed E-state index contributed by atoms with van der Waals surface area (Å²) in [5.74, 6) is -1.27. The molecule has 0 spiro atoms. The van der Waals surface area contributed by atoms with Crippen molar-refractivity contribution in [1.82, 2.24) is 15.1 Å². The third kappa shape index (κ3) is 4.30. The Kier molecular flexibility index (Phi) is 6.24. The van der Waals surface area contributed by atoms with Gasteiger partial charge in [0.05, 0.1) is 33.9 Å². The van der Waals surface area contributed by atoms with Crippen LogP contribution in [0.2, 0.25) is 0 Å². The summed E-state index contributed by atoms with van der Waals surface area (Å²) in [6.45, 7) is 2.54. The van der Waals surface area contributed by atoms with Crippen molar-refractivity contribution in [3.63, 3.8) is 0 Å². The number of carbonyl (C=O) groups is 1. The van der Waals surface area contributed by atoms with Gasteiger partial charge in [-0.25, -0.2) is 8.78 Å². The first kappa shape index (κ1) is 20.6. The van der Waals surface area contributed by atoms with Crippen molar-refractivity contribution < 1.29 is 27.8 Å². The molecule has 9 heteroatoms. The molecular weight excluding hydrogens is 372 g/mol. The van der Waals surface area contributed by atoms with E-state index in [-0.39, 0.29) is 5.91 Å². The summed E-state index contributed by atoms with van der Waals surface area (Å²) < 4.78 is 42.9. The number of nitrogens with one attached hydrogen (secondary N) is 1. The monoisotopic (exact) mass is 399 g/mol. The molecule has 156 valence electrons. The Morgan fingerprint density at radius 3 is 2.32 bits per heavy atom. The van der Waals surface area contributed by atoms with E-state index in [4.69, 9.17) is 14.2 Å². The molecule has 1 amide bonds. The first-order valence-corrected chi connectivity index (χ1v) is 9.28. The van der Waals surface area contributed by atoms with Gasteiger partial charge in [0.2, 0.25) is 11.7 Å². The Labute approximate surface area is 163 Å². The lowest BCUT2D eigenvalue weighted by molar-refractivity contribution is -0.135. The van der Waals surface area contributed by atoms with Crippen molar-refractivity contribution in [3.05, 3.63) is 17.7 Å².